The summed E-state index contributed by atoms with van der Waals surface area (Å²) in [5.41, 5.74) is 0.602. The summed E-state index contributed by atoms with van der Waals surface area (Å²) in [4.78, 5) is 11.8. The molecular formula is C16H27NO. The monoisotopic (exact) mass is 249 g/mol. The molecule has 0 aromatic heterocycles. The van der Waals surface area contributed by atoms with Gasteiger partial charge >= 0.3 is 0 Å². The maximum atomic E-state index is 11.8. The van der Waals surface area contributed by atoms with Crippen molar-refractivity contribution in [1.29, 1.82) is 0 Å². The van der Waals surface area contributed by atoms with E-state index in [1.807, 2.05) is 0 Å². The van der Waals surface area contributed by atoms with Crippen LogP contribution in [-0.4, -0.2) is 11.9 Å². The van der Waals surface area contributed by atoms with Gasteiger partial charge in [-0.3, -0.25) is 4.79 Å². The molecule has 1 amide bonds. The molecule has 0 aromatic carbocycles. The first-order valence-corrected chi connectivity index (χ1v) is 7.19. The molecule has 1 rings (SSSR count). The van der Waals surface area contributed by atoms with Crippen LogP contribution in [0.15, 0.2) is 24.8 Å². The van der Waals surface area contributed by atoms with Crippen LogP contribution in [0.4, 0.5) is 0 Å². The van der Waals surface area contributed by atoms with Gasteiger partial charge in [-0.05, 0) is 38.0 Å². The molecule has 0 spiro atoms. The van der Waals surface area contributed by atoms with Gasteiger partial charge in [-0.15, -0.1) is 6.58 Å². The molecule has 2 heteroatoms. The molecule has 0 aromatic rings. The predicted molar refractivity (Wildman–Crippen MR) is 77.3 cm³/mol. The third-order valence-corrected chi connectivity index (χ3v) is 4.02. The molecular weight excluding hydrogens is 222 g/mol. The lowest BCUT2D eigenvalue weighted by Gasteiger charge is -2.37. The molecule has 1 aliphatic carbocycles. The molecule has 3 atom stereocenters. The summed E-state index contributed by atoms with van der Waals surface area (Å²) in [5.74, 6) is 1.12. The van der Waals surface area contributed by atoms with Gasteiger partial charge in [0.25, 0.3) is 0 Å². The molecule has 0 aliphatic heterocycles. The second-order valence-corrected chi connectivity index (χ2v) is 5.50. The minimum atomic E-state index is 0.00575. The van der Waals surface area contributed by atoms with Crippen LogP contribution in [0, 0.1) is 11.8 Å². The summed E-state index contributed by atoms with van der Waals surface area (Å²) in [6.07, 6.45) is 9.21. The van der Waals surface area contributed by atoms with Crippen molar-refractivity contribution in [2.24, 2.45) is 11.8 Å². The molecule has 1 fully saturated rings. The van der Waals surface area contributed by atoms with Crippen molar-refractivity contribution in [3.63, 3.8) is 0 Å². The molecule has 3 unspecified atom stereocenters. The molecule has 2 nitrogen and oxygen atoms in total. The Morgan fingerprint density at radius 1 is 1.44 bits per heavy atom. The fourth-order valence-corrected chi connectivity index (χ4v) is 2.92. The Bertz CT molecular complexity index is 308. The molecule has 1 aliphatic rings. The van der Waals surface area contributed by atoms with Gasteiger partial charge in [-0.2, -0.15) is 0 Å². The van der Waals surface area contributed by atoms with E-state index >= 15 is 0 Å². The van der Waals surface area contributed by atoms with Gasteiger partial charge in [0.05, 0.1) is 0 Å². The molecule has 102 valence electrons. The van der Waals surface area contributed by atoms with Crippen molar-refractivity contribution in [3.05, 3.63) is 24.8 Å². The normalized spacial score (nSPS) is 27.6. The zero-order valence-electron chi connectivity index (χ0n) is 11.9. The van der Waals surface area contributed by atoms with Crippen LogP contribution in [0.25, 0.3) is 0 Å². The molecule has 0 radical (unpaired) electrons. The topological polar surface area (TPSA) is 29.1 Å². The Balaban J connectivity index is 2.68. The lowest BCUT2D eigenvalue weighted by Crippen LogP contribution is -2.45. The van der Waals surface area contributed by atoms with E-state index in [4.69, 9.17) is 0 Å². The summed E-state index contributed by atoms with van der Waals surface area (Å²) < 4.78 is 0. The average Bonchev–Trinajstić information content (AvgIpc) is 2.36. The zero-order valence-corrected chi connectivity index (χ0v) is 11.9. The van der Waals surface area contributed by atoms with Gasteiger partial charge in [-0.25, -0.2) is 0 Å². The van der Waals surface area contributed by atoms with Gasteiger partial charge in [0, 0.05) is 11.6 Å². The van der Waals surface area contributed by atoms with Crippen molar-refractivity contribution < 1.29 is 4.79 Å². The molecule has 18 heavy (non-hydrogen) atoms. The van der Waals surface area contributed by atoms with E-state index in [0.717, 1.165) is 6.42 Å². The summed E-state index contributed by atoms with van der Waals surface area (Å²) in [6.45, 7) is 11.7. The zero-order chi connectivity index (χ0) is 13.5. The number of hydrogen-bond donors (Lipinski definition) is 1. The average molecular weight is 249 g/mol. The molecule has 1 saturated carbocycles. The fourth-order valence-electron chi connectivity index (χ4n) is 2.92. The van der Waals surface area contributed by atoms with E-state index in [1.54, 1.807) is 6.92 Å². The molecule has 0 heterocycles. The van der Waals surface area contributed by atoms with Gasteiger partial charge in [-0.1, -0.05) is 38.8 Å². The Morgan fingerprint density at radius 3 is 2.72 bits per heavy atom. The van der Waals surface area contributed by atoms with Crippen molar-refractivity contribution in [2.75, 3.05) is 0 Å². The highest BCUT2D eigenvalue weighted by Gasteiger charge is 2.31. The molecule has 0 saturated heterocycles. The number of amides is 1. The summed E-state index contributed by atoms with van der Waals surface area (Å²) in [7, 11) is 0. The summed E-state index contributed by atoms with van der Waals surface area (Å²) >= 11 is 0. The van der Waals surface area contributed by atoms with Crippen LogP contribution in [0.3, 0.4) is 0 Å². The first kappa shape index (κ1) is 15.0. The van der Waals surface area contributed by atoms with Gasteiger partial charge in [0.1, 0.15) is 0 Å². The molecule has 1 N–H and O–H groups in total. The van der Waals surface area contributed by atoms with Gasteiger partial charge in [0.2, 0.25) is 5.91 Å². The highest BCUT2D eigenvalue weighted by Crippen LogP contribution is 2.34. The summed E-state index contributed by atoms with van der Waals surface area (Å²) in [6, 6.07) is 0.303. The number of unbranched alkanes of at least 4 members (excludes halogenated alkanes) is 1. The molecule has 0 bridgehead atoms. The Kier molecular flexibility index (Phi) is 6.17. The first-order chi connectivity index (χ1) is 8.60. The standard InChI is InChI=1S/C16H27NO/c1-5-7-10-14-13(6-2)9-8-11-15(14)17-16(18)12(3)4/h6,13-15H,2-3,5,7-11H2,1,4H3,(H,17,18). The van der Waals surface area contributed by atoms with Crippen molar-refractivity contribution in [1.82, 2.24) is 5.32 Å². The van der Waals surface area contributed by atoms with Crippen LogP contribution in [0.5, 0.6) is 0 Å². The van der Waals surface area contributed by atoms with Crippen LogP contribution in [0.1, 0.15) is 52.4 Å². The van der Waals surface area contributed by atoms with Crippen molar-refractivity contribution >= 4 is 5.91 Å². The lowest BCUT2D eigenvalue weighted by atomic mass is 9.73. The van der Waals surface area contributed by atoms with E-state index < -0.39 is 0 Å². The number of allylic oxidation sites excluding steroid dienone is 1. The minimum absolute atomic E-state index is 0.00575. The third-order valence-electron chi connectivity index (χ3n) is 4.02. The van der Waals surface area contributed by atoms with Crippen LogP contribution < -0.4 is 5.32 Å². The van der Waals surface area contributed by atoms with Crippen LogP contribution in [0.2, 0.25) is 0 Å². The predicted octanol–water partition coefficient (Wildman–Crippen LogP) is 3.84. The Labute approximate surface area is 112 Å². The highest BCUT2D eigenvalue weighted by molar-refractivity contribution is 5.92. The minimum Gasteiger partial charge on any atom is -0.349 e. The van der Waals surface area contributed by atoms with Gasteiger partial charge < -0.3 is 5.32 Å². The Hall–Kier alpha value is -1.05. The number of nitrogens with one attached hydrogen (secondary N) is 1. The quantitative estimate of drug-likeness (QED) is 0.562. The number of rotatable bonds is 6. The van der Waals surface area contributed by atoms with E-state index in [2.05, 4.69) is 31.5 Å². The van der Waals surface area contributed by atoms with Gasteiger partial charge in [0.15, 0.2) is 0 Å². The van der Waals surface area contributed by atoms with Crippen molar-refractivity contribution in [3.8, 4) is 0 Å². The third kappa shape index (κ3) is 4.01. The SMILES string of the molecule is C=CC1CCCC(NC(=O)C(=C)C)C1CCCC. The largest absolute Gasteiger partial charge is 0.349 e. The van der Waals surface area contributed by atoms with E-state index in [0.29, 0.717) is 23.5 Å². The van der Waals surface area contributed by atoms with E-state index in [1.165, 1.54) is 32.1 Å². The van der Waals surface area contributed by atoms with E-state index in [9.17, 15) is 4.79 Å². The second-order valence-electron chi connectivity index (χ2n) is 5.50. The second kappa shape index (κ2) is 7.40. The highest BCUT2D eigenvalue weighted by atomic mass is 16.1. The lowest BCUT2D eigenvalue weighted by molar-refractivity contribution is -0.118. The smallest absolute Gasteiger partial charge is 0.246 e. The number of hydrogen-bond acceptors (Lipinski definition) is 1. The maximum Gasteiger partial charge on any atom is 0.246 e. The number of carbonyl (C=O) groups is 1. The summed E-state index contributed by atoms with van der Waals surface area (Å²) in [5, 5.41) is 3.16. The van der Waals surface area contributed by atoms with E-state index in [-0.39, 0.29) is 5.91 Å². The Morgan fingerprint density at radius 2 is 2.17 bits per heavy atom. The van der Waals surface area contributed by atoms with Crippen LogP contribution >= 0.6 is 0 Å². The van der Waals surface area contributed by atoms with Crippen LogP contribution in [-0.2, 0) is 4.79 Å². The van der Waals surface area contributed by atoms with Crippen molar-refractivity contribution in [2.45, 2.75) is 58.4 Å². The maximum absolute atomic E-state index is 11.8. The first-order valence-electron chi connectivity index (χ1n) is 7.19. The number of carbonyl (C=O) groups excluding carboxylic acids is 1. The fraction of sp³-hybridized carbons (Fsp3) is 0.688.